The number of carbonyl (C=O) groups excluding carboxylic acids is 6. The first-order valence-electron chi connectivity index (χ1n) is 16.8. The molecule has 1 saturated heterocycles. The van der Waals surface area contributed by atoms with Crippen LogP contribution in [0.2, 0.25) is 0 Å². The van der Waals surface area contributed by atoms with E-state index in [-0.39, 0.29) is 25.3 Å². The molecule has 3 rings (SSSR count). The fourth-order valence-electron chi connectivity index (χ4n) is 5.74. The number of ether oxygens (including phenoxy) is 3. The number of esters is 1. The molecular formula is C33H53N5O11S. The van der Waals surface area contributed by atoms with E-state index in [9.17, 15) is 37.2 Å². The minimum absolute atomic E-state index is 0.0760. The molecule has 0 aromatic carbocycles. The number of rotatable bonds is 13. The van der Waals surface area contributed by atoms with E-state index in [0.29, 0.717) is 19.3 Å². The highest BCUT2D eigenvalue weighted by Crippen LogP contribution is 2.45. The number of hydrogen-bond acceptors (Lipinski definition) is 11. The molecule has 5 amide bonds. The number of alkyl carbamates (subject to hydrolysis) is 2. The van der Waals surface area contributed by atoms with Crippen LogP contribution in [0.5, 0.6) is 0 Å². The van der Waals surface area contributed by atoms with E-state index in [1.165, 1.54) is 13.2 Å². The van der Waals surface area contributed by atoms with Crippen molar-refractivity contribution < 1.29 is 51.4 Å². The van der Waals surface area contributed by atoms with E-state index < -0.39 is 97.9 Å². The quantitative estimate of drug-likeness (QED) is 0.122. The third-order valence-electron chi connectivity index (χ3n) is 9.09. The minimum Gasteiger partial charge on any atom is -0.467 e. The first-order valence-corrected chi connectivity index (χ1v) is 18.4. The number of carbonyl (C=O) groups is 6. The molecule has 2 aliphatic carbocycles. The highest BCUT2D eigenvalue weighted by atomic mass is 32.2. The van der Waals surface area contributed by atoms with Crippen molar-refractivity contribution in [3.8, 4) is 0 Å². The van der Waals surface area contributed by atoms with Gasteiger partial charge in [-0.2, -0.15) is 0 Å². The summed E-state index contributed by atoms with van der Waals surface area (Å²) in [7, 11) is -2.75. The van der Waals surface area contributed by atoms with Crippen molar-refractivity contribution in [1.82, 2.24) is 25.6 Å². The molecule has 1 aliphatic heterocycles. The molecule has 0 radical (unpaired) electrons. The Morgan fingerprint density at radius 1 is 1.02 bits per heavy atom. The van der Waals surface area contributed by atoms with Gasteiger partial charge in [-0.05, 0) is 51.4 Å². The highest BCUT2D eigenvalue weighted by Gasteiger charge is 2.62. The number of nitrogens with one attached hydrogen (secondary N) is 4. The number of hydrogen-bond donors (Lipinski definition) is 4. The third kappa shape index (κ3) is 9.88. The topological polar surface area (TPSA) is 216 Å². The van der Waals surface area contributed by atoms with Crippen LogP contribution in [0, 0.1) is 17.3 Å². The summed E-state index contributed by atoms with van der Waals surface area (Å²) in [6.45, 7) is 17.1. The van der Waals surface area contributed by atoms with Gasteiger partial charge >= 0.3 is 18.2 Å². The lowest BCUT2D eigenvalue weighted by Gasteiger charge is -2.36. The summed E-state index contributed by atoms with van der Waals surface area (Å²) in [6, 6.07) is -3.54. The van der Waals surface area contributed by atoms with E-state index in [4.69, 9.17) is 14.2 Å². The lowest BCUT2D eigenvalue weighted by atomic mass is 9.85. The molecule has 4 N–H and O–H groups in total. The molecular weight excluding hydrogens is 674 g/mol. The Morgan fingerprint density at radius 3 is 2.12 bits per heavy atom. The number of amides is 5. The maximum atomic E-state index is 14.3. The first kappa shape index (κ1) is 40.5. The van der Waals surface area contributed by atoms with Crippen molar-refractivity contribution in [2.75, 3.05) is 13.7 Å². The molecule has 1 heterocycles. The van der Waals surface area contributed by atoms with Crippen LogP contribution < -0.4 is 20.7 Å². The molecule has 0 aromatic heterocycles. The number of likely N-dealkylation sites (tertiary alicyclic amines) is 1. The summed E-state index contributed by atoms with van der Waals surface area (Å²) in [6.07, 6.45) is -0.214. The Labute approximate surface area is 294 Å². The van der Waals surface area contributed by atoms with Crippen LogP contribution in [0.4, 0.5) is 9.59 Å². The van der Waals surface area contributed by atoms with E-state index >= 15 is 0 Å². The van der Waals surface area contributed by atoms with Crippen LogP contribution in [0.3, 0.4) is 0 Å². The number of sulfonamides is 1. The van der Waals surface area contributed by atoms with Gasteiger partial charge in [-0.3, -0.25) is 19.1 Å². The zero-order valence-electron chi connectivity index (χ0n) is 30.4. The van der Waals surface area contributed by atoms with Crippen molar-refractivity contribution >= 4 is 45.9 Å². The Balaban J connectivity index is 1.91. The monoisotopic (exact) mass is 727 g/mol. The van der Waals surface area contributed by atoms with Gasteiger partial charge in [-0.25, -0.2) is 22.8 Å². The normalized spacial score (nSPS) is 25.2. The fourth-order valence-corrected chi connectivity index (χ4v) is 7.11. The lowest BCUT2D eigenvalue weighted by molar-refractivity contribution is -0.144. The molecule has 0 aromatic rings. The van der Waals surface area contributed by atoms with Gasteiger partial charge in [-0.15, -0.1) is 6.58 Å². The average Bonchev–Trinajstić information content (AvgIpc) is 3.93. The van der Waals surface area contributed by atoms with Crippen LogP contribution in [0.15, 0.2) is 12.7 Å². The van der Waals surface area contributed by atoms with Gasteiger partial charge in [-0.1, -0.05) is 47.1 Å². The van der Waals surface area contributed by atoms with Gasteiger partial charge < -0.3 is 35.1 Å². The summed E-state index contributed by atoms with van der Waals surface area (Å²) >= 11 is 0. The van der Waals surface area contributed by atoms with Crippen molar-refractivity contribution in [1.29, 1.82) is 0 Å². The van der Waals surface area contributed by atoms with Crippen molar-refractivity contribution in [3.63, 3.8) is 0 Å². The van der Waals surface area contributed by atoms with Gasteiger partial charge in [0.05, 0.1) is 18.9 Å². The van der Waals surface area contributed by atoms with Crippen LogP contribution >= 0.6 is 0 Å². The molecule has 0 bridgehead atoms. The molecule has 2 unspecified atom stereocenters. The van der Waals surface area contributed by atoms with Gasteiger partial charge in [0, 0.05) is 12.3 Å². The summed E-state index contributed by atoms with van der Waals surface area (Å²) in [5, 5.41) is 7.10. The van der Waals surface area contributed by atoms with E-state index in [0.717, 1.165) is 4.90 Å². The van der Waals surface area contributed by atoms with Gasteiger partial charge in [0.25, 0.3) is 5.91 Å². The van der Waals surface area contributed by atoms with Gasteiger partial charge in [0.1, 0.15) is 35.4 Å². The highest BCUT2D eigenvalue weighted by molar-refractivity contribution is 7.91. The molecule has 0 spiro atoms. The Hall–Kier alpha value is -3.89. The van der Waals surface area contributed by atoms with E-state index in [1.54, 1.807) is 48.5 Å². The van der Waals surface area contributed by atoms with Crippen LogP contribution in [0.25, 0.3) is 0 Å². The zero-order valence-corrected chi connectivity index (χ0v) is 31.2. The smallest absolute Gasteiger partial charge is 0.408 e. The third-order valence-corrected chi connectivity index (χ3v) is 10.9. The standard InChI is InChI=1S/C33H53N5O11S/c1-11-18(3)23(27(41)47-10)34-29(43)48-20-15-22(38(17-20)26(40)24(31(4,5)6)35-30(44)49-32(7,8)9)25(39)36-33(16-19(33)12-2)28(42)37-50(45,46)21-13-14-21/h12,18-24H,2,11,13-17H2,1,3-10H3,(H,34,43)(H,35,44)(H,36,39)(H,37,42)/t18-,19?,20+,22-,23-,24+,33?/m0/s1. The Bertz CT molecular complexity index is 1470. The van der Waals surface area contributed by atoms with Crippen LogP contribution in [-0.2, 0) is 43.4 Å². The number of nitrogens with zero attached hydrogens (tertiary/aromatic N) is 1. The van der Waals surface area contributed by atoms with Gasteiger partial charge in [0.15, 0.2) is 0 Å². The first-order chi connectivity index (χ1) is 23.0. The van der Waals surface area contributed by atoms with Crippen molar-refractivity contribution in [2.24, 2.45) is 17.3 Å². The molecule has 17 heteroatoms. The second-order valence-corrected chi connectivity index (χ2v) is 17.4. The maximum Gasteiger partial charge on any atom is 0.408 e. The molecule has 3 fully saturated rings. The minimum atomic E-state index is -3.94. The molecule has 3 aliphatic rings. The predicted molar refractivity (Wildman–Crippen MR) is 181 cm³/mol. The molecule has 50 heavy (non-hydrogen) atoms. The molecule has 2 saturated carbocycles. The van der Waals surface area contributed by atoms with Crippen molar-refractivity contribution in [3.05, 3.63) is 12.7 Å². The summed E-state index contributed by atoms with van der Waals surface area (Å²) in [4.78, 5) is 81.0. The van der Waals surface area contributed by atoms with E-state index in [1.807, 2.05) is 6.92 Å². The largest absolute Gasteiger partial charge is 0.467 e. The molecule has 7 atom stereocenters. The second kappa shape index (κ2) is 15.2. The lowest BCUT2D eigenvalue weighted by Crippen LogP contribution is -2.60. The predicted octanol–water partition coefficient (Wildman–Crippen LogP) is 1.88. The van der Waals surface area contributed by atoms with Crippen LogP contribution in [0.1, 0.15) is 87.5 Å². The Morgan fingerprint density at radius 2 is 1.64 bits per heavy atom. The SMILES string of the molecule is C=CC1CC1(NC(=O)[C@@H]1C[C@@H](OC(=O)N[C@H](C(=O)OC)[C@@H](C)CC)CN1C(=O)[C@@H](NC(=O)OC(C)(C)C)C(C)(C)C)C(=O)NS(=O)(=O)C1CC1. The zero-order chi connectivity index (χ0) is 38.0. The fraction of sp³-hybridized carbons (Fsp3) is 0.758. The van der Waals surface area contributed by atoms with Gasteiger partial charge in [0.2, 0.25) is 21.8 Å². The summed E-state index contributed by atoms with van der Waals surface area (Å²) in [5.74, 6) is -3.96. The summed E-state index contributed by atoms with van der Waals surface area (Å²) < 4.78 is 43.1. The van der Waals surface area contributed by atoms with Crippen molar-refractivity contribution in [2.45, 2.75) is 128 Å². The second-order valence-electron chi connectivity index (χ2n) is 15.4. The van der Waals surface area contributed by atoms with E-state index in [2.05, 4.69) is 27.3 Å². The molecule has 282 valence electrons. The average molecular weight is 728 g/mol. The Kier molecular flexibility index (Phi) is 12.3. The summed E-state index contributed by atoms with van der Waals surface area (Å²) in [5.41, 5.74) is -3.39. The number of methoxy groups -OCH3 is 1. The maximum absolute atomic E-state index is 14.3. The van der Waals surface area contributed by atoms with Crippen LogP contribution in [-0.4, -0.2) is 103 Å². The molecule has 16 nitrogen and oxygen atoms in total.